The van der Waals surface area contributed by atoms with Crippen molar-refractivity contribution in [1.82, 2.24) is 9.21 Å². The monoisotopic (exact) mass is 549 g/mol. The van der Waals surface area contributed by atoms with Crippen LogP contribution in [0, 0.1) is 13.8 Å². The molecule has 2 N–H and O–H groups in total. The second-order valence-electron chi connectivity index (χ2n) is 10.7. The summed E-state index contributed by atoms with van der Waals surface area (Å²) in [5.41, 5.74) is 12.6. The highest BCUT2D eigenvalue weighted by Crippen LogP contribution is 2.44. The first-order chi connectivity index (χ1) is 18.8. The molecule has 0 spiro atoms. The average Bonchev–Trinajstić information content (AvgIpc) is 2.91. The molecular formula is C31H39N3O4S. The van der Waals surface area contributed by atoms with Crippen LogP contribution >= 0.6 is 0 Å². The molecule has 0 aromatic heterocycles. The first kappa shape index (κ1) is 27.6. The van der Waals surface area contributed by atoms with Crippen LogP contribution in [0.3, 0.4) is 0 Å². The highest BCUT2D eigenvalue weighted by atomic mass is 32.2. The van der Waals surface area contributed by atoms with Gasteiger partial charge >= 0.3 is 0 Å². The van der Waals surface area contributed by atoms with Crippen molar-refractivity contribution in [2.24, 2.45) is 0 Å². The van der Waals surface area contributed by atoms with E-state index < -0.39 is 10.0 Å². The predicted octanol–water partition coefficient (Wildman–Crippen LogP) is 4.83. The van der Waals surface area contributed by atoms with Crippen LogP contribution in [0.25, 0.3) is 11.1 Å². The molecule has 2 aliphatic heterocycles. The summed E-state index contributed by atoms with van der Waals surface area (Å²) in [4.78, 5) is 2.60. The molecule has 7 nitrogen and oxygen atoms in total. The van der Waals surface area contributed by atoms with Crippen LogP contribution in [-0.2, 0) is 14.8 Å². The van der Waals surface area contributed by atoms with E-state index in [0.29, 0.717) is 25.4 Å². The second kappa shape index (κ2) is 11.3. The van der Waals surface area contributed by atoms with Gasteiger partial charge in [0.15, 0.2) is 0 Å². The maximum absolute atomic E-state index is 13.9. The van der Waals surface area contributed by atoms with E-state index in [1.54, 1.807) is 29.6 Å². The van der Waals surface area contributed by atoms with Crippen molar-refractivity contribution in [2.75, 3.05) is 46.2 Å². The van der Waals surface area contributed by atoms with Crippen molar-refractivity contribution in [1.29, 1.82) is 0 Å². The zero-order valence-corrected chi connectivity index (χ0v) is 24.1. The Kier molecular flexibility index (Phi) is 8.01. The summed E-state index contributed by atoms with van der Waals surface area (Å²) in [7, 11) is -0.563. The van der Waals surface area contributed by atoms with Crippen molar-refractivity contribution in [3.8, 4) is 16.9 Å². The SMILES string of the molecule is COC[C@@H]1C(c2ccc(-c3cccc(C)c3C)cc2)[C@@H]2CN(S(=O)(=O)c3ccc(N)cc3OC)CCCCN12. The second-order valence-corrected chi connectivity index (χ2v) is 12.6. The summed E-state index contributed by atoms with van der Waals surface area (Å²) in [6.45, 7) is 6.75. The molecule has 0 saturated carbocycles. The van der Waals surface area contributed by atoms with Gasteiger partial charge in [0.25, 0.3) is 0 Å². The summed E-state index contributed by atoms with van der Waals surface area (Å²) < 4.78 is 40.5. The van der Waals surface area contributed by atoms with Crippen LogP contribution in [0.4, 0.5) is 5.69 Å². The standard InChI is InChI=1S/C31H39N3O4S/c1-21-8-7-9-26(22(21)2)23-10-12-24(13-11-23)31-27-19-33(16-5-6-17-34(27)28(31)20-37-3)39(35,36)30-15-14-25(32)18-29(30)38-4/h7-15,18,27-28,31H,5-6,16-17,19-20,32H2,1-4H3/t27-,28+,31?/m0/s1. The van der Waals surface area contributed by atoms with Gasteiger partial charge < -0.3 is 15.2 Å². The number of nitrogens with two attached hydrogens (primary N) is 1. The number of nitrogens with zero attached hydrogens (tertiary/aromatic N) is 2. The minimum Gasteiger partial charge on any atom is -0.495 e. The van der Waals surface area contributed by atoms with Gasteiger partial charge in [0, 0.05) is 50.0 Å². The van der Waals surface area contributed by atoms with E-state index in [0.717, 1.165) is 19.4 Å². The van der Waals surface area contributed by atoms with Crippen LogP contribution in [0.1, 0.15) is 35.4 Å². The van der Waals surface area contributed by atoms with Crippen molar-refractivity contribution < 1.29 is 17.9 Å². The first-order valence-corrected chi connectivity index (χ1v) is 15.0. The number of sulfonamides is 1. The number of hydrogen-bond donors (Lipinski definition) is 1. The van der Waals surface area contributed by atoms with E-state index >= 15 is 0 Å². The lowest BCUT2D eigenvalue weighted by Crippen LogP contribution is -2.68. The van der Waals surface area contributed by atoms with Gasteiger partial charge in [-0.25, -0.2) is 8.42 Å². The maximum atomic E-state index is 13.9. The van der Waals surface area contributed by atoms with Gasteiger partial charge in [0.05, 0.1) is 13.7 Å². The van der Waals surface area contributed by atoms with Crippen molar-refractivity contribution in [3.05, 3.63) is 77.4 Å². The molecule has 0 radical (unpaired) electrons. The van der Waals surface area contributed by atoms with Crippen LogP contribution in [-0.4, -0.2) is 70.2 Å². The third-order valence-electron chi connectivity index (χ3n) is 8.50. The predicted molar refractivity (Wildman–Crippen MR) is 156 cm³/mol. The van der Waals surface area contributed by atoms with Gasteiger partial charge in [-0.05, 0) is 73.2 Å². The molecule has 1 unspecified atom stereocenters. The summed E-state index contributed by atoms with van der Waals surface area (Å²) in [5.74, 6) is 0.445. The van der Waals surface area contributed by atoms with Gasteiger partial charge in [-0.15, -0.1) is 0 Å². The normalized spacial score (nSPS) is 22.4. The van der Waals surface area contributed by atoms with Crippen LogP contribution in [0.15, 0.2) is 65.6 Å². The molecule has 2 heterocycles. The Labute approximate surface area is 232 Å². The molecule has 3 aromatic rings. The largest absolute Gasteiger partial charge is 0.495 e. The Morgan fingerprint density at radius 1 is 0.974 bits per heavy atom. The van der Waals surface area contributed by atoms with Crippen LogP contribution in [0.5, 0.6) is 5.75 Å². The highest BCUT2D eigenvalue weighted by Gasteiger charge is 2.50. The number of fused-ring (bicyclic) bond motifs is 1. The highest BCUT2D eigenvalue weighted by molar-refractivity contribution is 7.89. The summed E-state index contributed by atoms with van der Waals surface area (Å²) in [6, 6.07) is 20.2. The van der Waals surface area contributed by atoms with E-state index in [9.17, 15) is 8.42 Å². The molecule has 3 aromatic carbocycles. The fourth-order valence-electron chi connectivity index (χ4n) is 6.26. The van der Waals surface area contributed by atoms with Crippen molar-refractivity contribution >= 4 is 15.7 Å². The molecule has 3 atom stereocenters. The fourth-order valence-corrected chi connectivity index (χ4v) is 7.90. The Morgan fingerprint density at radius 3 is 2.44 bits per heavy atom. The number of methoxy groups -OCH3 is 2. The lowest BCUT2D eigenvalue weighted by molar-refractivity contribution is -0.0635. The summed E-state index contributed by atoms with van der Waals surface area (Å²) >= 11 is 0. The number of anilines is 1. The number of ether oxygens (including phenoxy) is 2. The minimum absolute atomic E-state index is 0.0616. The summed E-state index contributed by atoms with van der Waals surface area (Å²) in [5, 5.41) is 0. The van der Waals surface area contributed by atoms with Gasteiger partial charge in [-0.1, -0.05) is 42.5 Å². The molecule has 2 aliphatic rings. The third-order valence-corrected chi connectivity index (χ3v) is 10.4. The third kappa shape index (κ3) is 5.18. The molecule has 0 aliphatic carbocycles. The molecule has 208 valence electrons. The van der Waals surface area contributed by atoms with E-state index in [-0.39, 0.29) is 28.6 Å². The van der Waals surface area contributed by atoms with E-state index in [4.69, 9.17) is 15.2 Å². The molecule has 0 amide bonds. The Balaban J connectivity index is 1.46. The minimum atomic E-state index is -3.78. The maximum Gasteiger partial charge on any atom is 0.246 e. The summed E-state index contributed by atoms with van der Waals surface area (Å²) in [6.07, 6.45) is 1.73. The fraction of sp³-hybridized carbons (Fsp3) is 0.419. The Hall–Kier alpha value is -2.91. The van der Waals surface area contributed by atoms with E-state index in [2.05, 4.69) is 61.2 Å². The van der Waals surface area contributed by atoms with Crippen LogP contribution < -0.4 is 10.5 Å². The molecule has 8 heteroatoms. The quantitative estimate of drug-likeness (QED) is 0.425. The van der Waals surface area contributed by atoms with E-state index in [1.165, 1.54) is 34.9 Å². The molecule has 39 heavy (non-hydrogen) atoms. The molecule has 0 bridgehead atoms. The topological polar surface area (TPSA) is 85.1 Å². The lowest BCUT2D eigenvalue weighted by atomic mass is 9.74. The number of nitrogen functional groups attached to an aromatic ring is 1. The Bertz CT molecular complexity index is 1420. The van der Waals surface area contributed by atoms with Crippen molar-refractivity contribution in [2.45, 2.75) is 49.6 Å². The zero-order valence-electron chi connectivity index (χ0n) is 23.3. The van der Waals surface area contributed by atoms with Gasteiger partial charge in [-0.2, -0.15) is 4.31 Å². The molecule has 2 fully saturated rings. The van der Waals surface area contributed by atoms with Crippen molar-refractivity contribution in [3.63, 3.8) is 0 Å². The smallest absolute Gasteiger partial charge is 0.246 e. The lowest BCUT2D eigenvalue weighted by Gasteiger charge is -2.57. The number of benzene rings is 3. The van der Waals surface area contributed by atoms with Gasteiger partial charge in [0.1, 0.15) is 10.6 Å². The first-order valence-electron chi connectivity index (χ1n) is 13.6. The molecular weight excluding hydrogens is 510 g/mol. The van der Waals surface area contributed by atoms with Gasteiger partial charge in [0.2, 0.25) is 10.0 Å². The molecule has 2 saturated heterocycles. The van der Waals surface area contributed by atoms with E-state index in [1.807, 2.05) is 0 Å². The number of aryl methyl sites for hydroxylation is 1. The van der Waals surface area contributed by atoms with Crippen LogP contribution in [0.2, 0.25) is 0 Å². The number of rotatable bonds is 7. The average molecular weight is 550 g/mol. The molecule has 5 rings (SSSR count). The zero-order chi connectivity index (χ0) is 27.7. The Morgan fingerprint density at radius 2 is 1.72 bits per heavy atom. The number of hydrogen-bond acceptors (Lipinski definition) is 6. The van der Waals surface area contributed by atoms with Gasteiger partial charge in [-0.3, -0.25) is 4.90 Å².